The molecule has 2 heteroatoms. The fourth-order valence-corrected chi connectivity index (χ4v) is 2.57. The van der Waals surface area contributed by atoms with Gasteiger partial charge in [0.15, 0.2) is 0 Å². The van der Waals surface area contributed by atoms with Crippen LogP contribution in [0, 0.1) is 11.3 Å². The highest BCUT2D eigenvalue weighted by Crippen LogP contribution is 2.27. The van der Waals surface area contributed by atoms with Crippen molar-refractivity contribution in [1.29, 1.82) is 0 Å². The molecule has 0 bridgehead atoms. The van der Waals surface area contributed by atoms with Crippen LogP contribution in [0.25, 0.3) is 0 Å². The maximum atomic E-state index is 5.50. The number of hydrogen-bond acceptors (Lipinski definition) is 2. The van der Waals surface area contributed by atoms with E-state index < -0.39 is 0 Å². The maximum absolute atomic E-state index is 5.50. The summed E-state index contributed by atoms with van der Waals surface area (Å²) in [6.45, 7) is 13.4. The first-order valence-corrected chi connectivity index (χ1v) is 8.01. The van der Waals surface area contributed by atoms with Gasteiger partial charge in [0.05, 0.1) is 0 Å². The van der Waals surface area contributed by atoms with Crippen molar-refractivity contribution in [3.63, 3.8) is 0 Å². The summed E-state index contributed by atoms with van der Waals surface area (Å²) in [7, 11) is 0. The van der Waals surface area contributed by atoms with Crippen LogP contribution in [0.2, 0.25) is 0 Å². The largest absolute Gasteiger partial charge is 0.330 e. The smallest absolute Gasteiger partial charge is 0.00442 e. The first-order chi connectivity index (χ1) is 8.91. The van der Waals surface area contributed by atoms with E-state index in [0.29, 0.717) is 17.4 Å². The molecule has 0 aliphatic carbocycles. The minimum absolute atomic E-state index is 0.454. The van der Waals surface area contributed by atoms with Crippen molar-refractivity contribution in [2.45, 2.75) is 72.8 Å². The molecule has 0 fully saturated rings. The molecule has 3 N–H and O–H groups in total. The lowest BCUT2D eigenvalue weighted by atomic mass is 9.84. The van der Waals surface area contributed by atoms with E-state index in [0.717, 1.165) is 19.5 Å². The van der Waals surface area contributed by atoms with Gasteiger partial charge >= 0.3 is 0 Å². The standard InChI is InChI=1S/C17H36N2/c1-6-10-17(4,5)11-7-9-15(2)14-16(3)19-13-8-12-18/h7,9,15-16,19H,6,8,10-14,18H2,1-5H3/b9-7-. The van der Waals surface area contributed by atoms with Crippen LogP contribution in [0.5, 0.6) is 0 Å². The van der Waals surface area contributed by atoms with Crippen LogP contribution >= 0.6 is 0 Å². The van der Waals surface area contributed by atoms with Gasteiger partial charge in [-0.25, -0.2) is 0 Å². The van der Waals surface area contributed by atoms with Gasteiger partial charge in [0, 0.05) is 6.04 Å². The van der Waals surface area contributed by atoms with E-state index in [2.05, 4.69) is 52.1 Å². The van der Waals surface area contributed by atoms with Crippen LogP contribution in [-0.2, 0) is 0 Å². The van der Waals surface area contributed by atoms with Crippen molar-refractivity contribution in [3.8, 4) is 0 Å². The summed E-state index contributed by atoms with van der Waals surface area (Å²) in [5.41, 5.74) is 5.95. The molecular formula is C17H36N2. The number of hydrogen-bond donors (Lipinski definition) is 2. The highest BCUT2D eigenvalue weighted by molar-refractivity contribution is 4.91. The van der Waals surface area contributed by atoms with Crippen molar-refractivity contribution >= 4 is 0 Å². The lowest BCUT2D eigenvalue weighted by Gasteiger charge is -2.22. The molecule has 0 radical (unpaired) electrons. The van der Waals surface area contributed by atoms with Gasteiger partial charge in [-0.15, -0.1) is 0 Å². The third-order valence-corrected chi connectivity index (χ3v) is 3.66. The molecule has 0 aliphatic heterocycles. The van der Waals surface area contributed by atoms with E-state index in [9.17, 15) is 0 Å². The summed E-state index contributed by atoms with van der Waals surface area (Å²) in [5, 5.41) is 3.53. The lowest BCUT2D eigenvalue weighted by Crippen LogP contribution is -2.29. The van der Waals surface area contributed by atoms with Gasteiger partial charge in [-0.3, -0.25) is 0 Å². The Hall–Kier alpha value is -0.340. The average molecular weight is 268 g/mol. The van der Waals surface area contributed by atoms with E-state index in [4.69, 9.17) is 5.73 Å². The van der Waals surface area contributed by atoms with Crippen LogP contribution in [0.15, 0.2) is 12.2 Å². The predicted molar refractivity (Wildman–Crippen MR) is 87.4 cm³/mol. The highest BCUT2D eigenvalue weighted by atomic mass is 14.9. The minimum Gasteiger partial charge on any atom is -0.330 e. The highest BCUT2D eigenvalue weighted by Gasteiger charge is 2.14. The molecule has 0 aliphatic rings. The second kappa shape index (κ2) is 10.4. The molecule has 114 valence electrons. The zero-order valence-corrected chi connectivity index (χ0v) is 13.8. The molecule has 0 saturated heterocycles. The average Bonchev–Trinajstić information content (AvgIpc) is 2.28. The van der Waals surface area contributed by atoms with Gasteiger partial charge < -0.3 is 11.1 Å². The molecular weight excluding hydrogens is 232 g/mol. The van der Waals surface area contributed by atoms with E-state index >= 15 is 0 Å². The number of allylic oxidation sites excluding steroid dienone is 2. The zero-order chi connectivity index (χ0) is 14.7. The molecule has 0 heterocycles. The number of nitrogens with one attached hydrogen (secondary N) is 1. The Bertz CT molecular complexity index is 233. The minimum atomic E-state index is 0.454. The van der Waals surface area contributed by atoms with Crippen molar-refractivity contribution in [2.75, 3.05) is 13.1 Å². The Balaban J connectivity index is 3.86. The monoisotopic (exact) mass is 268 g/mol. The number of nitrogens with two attached hydrogens (primary N) is 1. The Morgan fingerprint density at radius 1 is 1.26 bits per heavy atom. The molecule has 2 atom stereocenters. The molecule has 0 aromatic heterocycles. The topological polar surface area (TPSA) is 38.0 Å². The molecule has 0 aromatic carbocycles. The fourth-order valence-electron chi connectivity index (χ4n) is 2.57. The number of rotatable bonds is 11. The molecule has 2 unspecified atom stereocenters. The van der Waals surface area contributed by atoms with Crippen molar-refractivity contribution in [1.82, 2.24) is 5.32 Å². The summed E-state index contributed by atoms with van der Waals surface area (Å²) in [5.74, 6) is 0.651. The van der Waals surface area contributed by atoms with Crippen LogP contribution < -0.4 is 11.1 Å². The van der Waals surface area contributed by atoms with Crippen LogP contribution in [-0.4, -0.2) is 19.1 Å². The third-order valence-electron chi connectivity index (χ3n) is 3.66. The molecule has 0 rings (SSSR count). The quantitative estimate of drug-likeness (QED) is 0.437. The Kier molecular flexibility index (Phi) is 10.3. The molecule has 0 spiro atoms. The molecule has 2 nitrogen and oxygen atoms in total. The molecule has 0 aromatic rings. The van der Waals surface area contributed by atoms with Crippen LogP contribution in [0.3, 0.4) is 0 Å². The lowest BCUT2D eigenvalue weighted by molar-refractivity contribution is 0.335. The van der Waals surface area contributed by atoms with Crippen molar-refractivity contribution < 1.29 is 0 Å². The van der Waals surface area contributed by atoms with Crippen molar-refractivity contribution in [3.05, 3.63) is 12.2 Å². The predicted octanol–water partition coefficient (Wildman–Crippen LogP) is 4.11. The van der Waals surface area contributed by atoms with Crippen molar-refractivity contribution in [2.24, 2.45) is 17.1 Å². The first kappa shape index (κ1) is 18.7. The zero-order valence-electron chi connectivity index (χ0n) is 13.8. The summed E-state index contributed by atoms with van der Waals surface area (Å²) >= 11 is 0. The van der Waals surface area contributed by atoms with Gasteiger partial charge in [-0.1, -0.05) is 46.3 Å². The Labute approximate surface area is 121 Å². The van der Waals surface area contributed by atoms with Gasteiger partial charge in [-0.2, -0.15) is 0 Å². The second-order valence-electron chi connectivity index (χ2n) is 6.76. The molecule has 0 amide bonds. The van der Waals surface area contributed by atoms with E-state index in [-0.39, 0.29) is 0 Å². The van der Waals surface area contributed by atoms with Crippen LogP contribution in [0.4, 0.5) is 0 Å². The van der Waals surface area contributed by atoms with Gasteiger partial charge in [0.1, 0.15) is 0 Å². The molecule has 19 heavy (non-hydrogen) atoms. The summed E-state index contributed by atoms with van der Waals surface area (Å²) in [6.07, 6.45) is 10.8. The first-order valence-electron chi connectivity index (χ1n) is 8.01. The Morgan fingerprint density at radius 3 is 2.53 bits per heavy atom. The summed E-state index contributed by atoms with van der Waals surface area (Å²) in [4.78, 5) is 0. The normalized spacial score (nSPS) is 15.9. The van der Waals surface area contributed by atoms with Gasteiger partial charge in [-0.05, 0) is 57.0 Å². The van der Waals surface area contributed by atoms with E-state index in [1.54, 1.807) is 0 Å². The Morgan fingerprint density at radius 2 is 1.95 bits per heavy atom. The second-order valence-corrected chi connectivity index (χ2v) is 6.76. The third kappa shape index (κ3) is 11.2. The summed E-state index contributed by atoms with van der Waals surface area (Å²) < 4.78 is 0. The molecule has 0 saturated carbocycles. The van der Waals surface area contributed by atoms with E-state index in [1.165, 1.54) is 25.7 Å². The summed E-state index contributed by atoms with van der Waals surface area (Å²) in [6, 6.07) is 0.579. The maximum Gasteiger partial charge on any atom is 0.00442 e. The SMILES string of the molecule is CCCC(C)(C)C/C=C\C(C)CC(C)NCCCN. The van der Waals surface area contributed by atoms with Gasteiger partial charge in [0.2, 0.25) is 0 Å². The fraction of sp³-hybridized carbons (Fsp3) is 0.882. The van der Waals surface area contributed by atoms with E-state index in [1.807, 2.05) is 0 Å². The van der Waals surface area contributed by atoms with Gasteiger partial charge in [0.25, 0.3) is 0 Å². The van der Waals surface area contributed by atoms with Crippen LogP contribution in [0.1, 0.15) is 66.7 Å².